The van der Waals surface area contributed by atoms with Crippen LogP contribution in [0, 0.1) is 11.3 Å². The van der Waals surface area contributed by atoms with Crippen LogP contribution < -0.4 is 5.84 Å². The average molecular weight is 316 g/mol. The minimum absolute atomic E-state index is 0.0373. The molecule has 0 unspecified atom stereocenters. The molecule has 0 aliphatic carbocycles. The highest BCUT2D eigenvalue weighted by Gasteiger charge is 2.15. The van der Waals surface area contributed by atoms with Crippen LogP contribution in [-0.4, -0.2) is 10.1 Å². The molecule has 0 aliphatic heterocycles. The lowest BCUT2D eigenvalue weighted by atomic mass is 9.91. The topological polar surface area (TPSA) is 94.8 Å². The van der Waals surface area contributed by atoms with Crippen LogP contribution in [0.3, 0.4) is 0 Å². The molecule has 1 aromatic rings. The predicted molar refractivity (Wildman–Crippen MR) is 91.5 cm³/mol. The maximum atomic E-state index is 10.4. The van der Waals surface area contributed by atoms with E-state index >= 15 is 0 Å². The van der Waals surface area contributed by atoms with Crippen LogP contribution in [-0.2, 0) is 0 Å². The van der Waals surface area contributed by atoms with Gasteiger partial charge >= 0.3 is 0 Å². The molecule has 0 aliphatic rings. The first-order valence-corrected chi connectivity index (χ1v) is 7.36. The number of rotatable bonds is 4. The standard InChI is InChI=1S/C16H20N4OS/c1-9(2)13-6-11(7-14(10(3)4)15(13)21)5-12(8-17)16(22)19-20-18/h5-7,9-10,21H,1-4H3,(H2,18,19,22)/b12-5+. The normalized spacial score (nSPS) is 12.1. The van der Waals surface area contributed by atoms with Gasteiger partial charge in [0.15, 0.2) is 4.99 Å². The highest BCUT2D eigenvalue weighted by Crippen LogP contribution is 2.35. The van der Waals surface area contributed by atoms with E-state index in [1.165, 1.54) is 0 Å². The summed E-state index contributed by atoms with van der Waals surface area (Å²) in [6, 6.07) is 5.70. The van der Waals surface area contributed by atoms with E-state index in [2.05, 4.69) is 10.3 Å². The summed E-state index contributed by atoms with van der Waals surface area (Å²) in [5.74, 6) is 5.59. The molecule has 22 heavy (non-hydrogen) atoms. The lowest BCUT2D eigenvalue weighted by molar-refractivity contribution is 0.454. The summed E-state index contributed by atoms with van der Waals surface area (Å²) < 4.78 is 0. The molecule has 0 spiro atoms. The maximum absolute atomic E-state index is 10.4. The Morgan fingerprint density at radius 2 is 1.77 bits per heavy atom. The summed E-state index contributed by atoms with van der Waals surface area (Å²) >= 11 is 4.99. The van der Waals surface area contributed by atoms with Crippen molar-refractivity contribution in [1.82, 2.24) is 0 Å². The zero-order valence-electron chi connectivity index (χ0n) is 13.2. The van der Waals surface area contributed by atoms with Gasteiger partial charge in [0.1, 0.15) is 11.8 Å². The van der Waals surface area contributed by atoms with Crippen LogP contribution in [0.25, 0.3) is 6.08 Å². The Kier molecular flexibility index (Phi) is 6.20. The third kappa shape index (κ3) is 4.12. The minimum atomic E-state index is 0.0373. The SMILES string of the molecule is CC(C)c1cc(/C=C(\C#N)C(=S)N=NN)cc(C(C)C)c1O. The quantitative estimate of drug-likeness (QED) is 0.217. The fraction of sp³-hybridized carbons (Fsp3) is 0.375. The van der Waals surface area contributed by atoms with Gasteiger partial charge in [0, 0.05) is 0 Å². The fourth-order valence-electron chi connectivity index (χ4n) is 2.08. The molecule has 0 amide bonds. The number of benzene rings is 1. The highest BCUT2D eigenvalue weighted by molar-refractivity contribution is 7.80. The van der Waals surface area contributed by atoms with Crippen molar-refractivity contribution in [1.29, 1.82) is 5.26 Å². The molecule has 0 saturated carbocycles. The molecular weight excluding hydrogens is 296 g/mol. The van der Waals surface area contributed by atoms with Crippen molar-refractivity contribution in [2.75, 3.05) is 0 Å². The first kappa shape index (κ1) is 17.8. The van der Waals surface area contributed by atoms with Gasteiger partial charge in [-0.15, -0.1) is 5.11 Å². The second-order valence-electron chi connectivity index (χ2n) is 5.55. The molecule has 3 N–H and O–H groups in total. The van der Waals surface area contributed by atoms with Crippen LogP contribution in [0.2, 0.25) is 0 Å². The molecule has 1 rings (SSSR count). The van der Waals surface area contributed by atoms with Crippen molar-refractivity contribution in [3.63, 3.8) is 0 Å². The first-order chi connectivity index (χ1) is 10.3. The molecule has 0 fully saturated rings. The molecule has 0 aromatic heterocycles. The number of phenolic OH excluding ortho intramolecular Hbond substituents is 1. The van der Waals surface area contributed by atoms with Crippen LogP contribution in [0.5, 0.6) is 5.75 Å². The Hall–Kier alpha value is -2.26. The highest BCUT2D eigenvalue weighted by atomic mass is 32.1. The number of aromatic hydroxyl groups is 1. The third-order valence-electron chi connectivity index (χ3n) is 3.25. The van der Waals surface area contributed by atoms with E-state index in [0.717, 1.165) is 16.7 Å². The molecule has 0 saturated heterocycles. The number of hydrogen-bond acceptors (Lipinski definition) is 4. The lowest BCUT2D eigenvalue weighted by Gasteiger charge is -2.16. The van der Waals surface area contributed by atoms with E-state index < -0.39 is 0 Å². The summed E-state index contributed by atoms with van der Waals surface area (Å²) in [6.45, 7) is 8.02. The van der Waals surface area contributed by atoms with E-state index in [9.17, 15) is 10.4 Å². The number of nitriles is 1. The number of nitrogens with two attached hydrogens (primary N) is 1. The van der Waals surface area contributed by atoms with Gasteiger partial charge in [0.05, 0.1) is 5.57 Å². The van der Waals surface area contributed by atoms with Gasteiger partial charge in [0.2, 0.25) is 0 Å². The van der Waals surface area contributed by atoms with Crippen molar-refractivity contribution < 1.29 is 5.11 Å². The second-order valence-corrected chi connectivity index (χ2v) is 5.93. The predicted octanol–water partition coefficient (Wildman–Crippen LogP) is 4.20. The first-order valence-electron chi connectivity index (χ1n) is 6.95. The summed E-state index contributed by atoms with van der Waals surface area (Å²) in [7, 11) is 0. The van der Waals surface area contributed by atoms with Crippen LogP contribution in [0.15, 0.2) is 28.0 Å². The zero-order chi connectivity index (χ0) is 16.9. The largest absolute Gasteiger partial charge is 0.507 e. The summed E-state index contributed by atoms with van der Waals surface area (Å²) in [6.07, 6.45) is 1.63. The van der Waals surface area contributed by atoms with Gasteiger partial charge in [0.25, 0.3) is 0 Å². The maximum Gasteiger partial charge on any atom is 0.168 e. The third-order valence-corrected chi connectivity index (χ3v) is 3.55. The smallest absolute Gasteiger partial charge is 0.168 e. The van der Waals surface area contributed by atoms with Gasteiger partial charge in [-0.25, -0.2) is 0 Å². The van der Waals surface area contributed by atoms with Crippen molar-refractivity contribution in [3.05, 3.63) is 34.4 Å². The van der Waals surface area contributed by atoms with E-state index in [4.69, 9.17) is 18.1 Å². The summed E-state index contributed by atoms with van der Waals surface area (Å²) in [5, 5.41) is 26.2. The molecule has 0 atom stereocenters. The number of hydrogen-bond donors (Lipinski definition) is 2. The van der Waals surface area contributed by atoms with Gasteiger partial charge in [-0.1, -0.05) is 45.1 Å². The van der Waals surface area contributed by atoms with Crippen LogP contribution in [0.1, 0.15) is 56.2 Å². The Bertz CT molecular complexity index is 640. The lowest BCUT2D eigenvalue weighted by Crippen LogP contribution is -1.98. The average Bonchev–Trinajstić information content (AvgIpc) is 2.45. The van der Waals surface area contributed by atoms with E-state index in [1.54, 1.807) is 6.08 Å². The van der Waals surface area contributed by atoms with Crippen molar-refractivity contribution >= 4 is 23.3 Å². The minimum Gasteiger partial charge on any atom is -0.507 e. The second kappa shape index (κ2) is 7.66. The monoisotopic (exact) mass is 316 g/mol. The molecule has 0 bridgehead atoms. The van der Waals surface area contributed by atoms with Crippen LogP contribution in [0.4, 0.5) is 0 Å². The fourth-order valence-corrected chi connectivity index (χ4v) is 2.23. The Morgan fingerprint density at radius 1 is 1.27 bits per heavy atom. The van der Waals surface area contributed by atoms with E-state index in [-0.39, 0.29) is 22.4 Å². The molecular formula is C16H20N4OS. The summed E-state index contributed by atoms with van der Waals surface area (Å²) in [5.41, 5.74) is 2.66. The molecule has 116 valence electrons. The number of phenols is 1. The molecule has 5 nitrogen and oxygen atoms in total. The van der Waals surface area contributed by atoms with Crippen LogP contribution >= 0.6 is 12.2 Å². The van der Waals surface area contributed by atoms with Crippen molar-refractivity contribution in [2.45, 2.75) is 39.5 Å². The van der Waals surface area contributed by atoms with Crippen molar-refractivity contribution in [3.8, 4) is 11.8 Å². The summed E-state index contributed by atoms with van der Waals surface area (Å²) in [4.78, 5) is 0.0373. The molecule has 6 heteroatoms. The van der Waals surface area contributed by atoms with E-state index in [0.29, 0.717) is 5.75 Å². The Morgan fingerprint density at radius 3 is 2.14 bits per heavy atom. The number of nitrogens with zero attached hydrogens (tertiary/aromatic N) is 3. The number of thiocarbonyl (C=S) groups is 1. The van der Waals surface area contributed by atoms with E-state index in [1.807, 2.05) is 45.9 Å². The Balaban J connectivity index is 3.48. The van der Waals surface area contributed by atoms with Crippen molar-refractivity contribution in [2.24, 2.45) is 16.2 Å². The van der Waals surface area contributed by atoms with Gasteiger partial charge in [-0.05, 0) is 46.7 Å². The zero-order valence-corrected chi connectivity index (χ0v) is 14.0. The van der Waals surface area contributed by atoms with Gasteiger partial charge < -0.3 is 10.9 Å². The van der Waals surface area contributed by atoms with Gasteiger partial charge in [-0.2, -0.15) is 5.26 Å². The van der Waals surface area contributed by atoms with Gasteiger partial charge in [-0.3, -0.25) is 0 Å². The molecule has 0 heterocycles. The molecule has 0 radical (unpaired) electrons. The molecule has 1 aromatic carbocycles. The Labute approximate surface area is 136 Å².